The van der Waals surface area contributed by atoms with Gasteiger partial charge in [-0.05, 0) is 31.0 Å². The zero-order valence-electron chi connectivity index (χ0n) is 10.3. The van der Waals surface area contributed by atoms with E-state index in [0.717, 1.165) is 11.1 Å². The molecule has 0 saturated carbocycles. The van der Waals surface area contributed by atoms with Crippen LogP contribution in [0.15, 0.2) is 30.7 Å². The lowest BCUT2D eigenvalue weighted by Crippen LogP contribution is -2.04. The van der Waals surface area contributed by atoms with Crippen molar-refractivity contribution in [1.82, 2.24) is 9.97 Å². The van der Waals surface area contributed by atoms with Gasteiger partial charge in [0.15, 0.2) is 0 Å². The van der Waals surface area contributed by atoms with Gasteiger partial charge in [0.25, 0.3) is 0 Å². The van der Waals surface area contributed by atoms with Crippen molar-refractivity contribution in [3.05, 3.63) is 47.4 Å². The molecule has 1 heterocycles. The van der Waals surface area contributed by atoms with Crippen LogP contribution in [0.4, 0.5) is 0 Å². The summed E-state index contributed by atoms with van der Waals surface area (Å²) in [6.45, 7) is 4.06. The van der Waals surface area contributed by atoms with Crippen molar-refractivity contribution >= 4 is 5.97 Å². The molecule has 0 atom stereocenters. The first-order valence-electron chi connectivity index (χ1n) is 5.66. The molecule has 0 aliphatic carbocycles. The van der Waals surface area contributed by atoms with E-state index < -0.39 is 5.97 Å². The van der Waals surface area contributed by atoms with Crippen LogP contribution >= 0.6 is 0 Å². The molecule has 0 fully saturated rings. The third kappa shape index (κ3) is 2.53. The number of aromatic nitrogens is 2. The van der Waals surface area contributed by atoms with Gasteiger partial charge in [-0.25, -0.2) is 9.97 Å². The molecule has 0 unspecified atom stereocenters. The minimum absolute atomic E-state index is 0.0664. The summed E-state index contributed by atoms with van der Waals surface area (Å²) < 4.78 is 0. The first-order valence-corrected chi connectivity index (χ1v) is 5.66. The highest BCUT2D eigenvalue weighted by Crippen LogP contribution is 2.23. The van der Waals surface area contributed by atoms with E-state index in [1.807, 2.05) is 32.0 Å². The molecule has 0 saturated heterocycles. The first-order chi connectivity index (χ1) is 8.58. The van der Waals surface area contributed by atoms with Crippen molar-refractivity contribution in [2.75, 3.05) is 0 Å². The summed E-state index contributed by atoms with van der Waals surface area (Å²) in [5.41, 5.74) is 4.61. The molecule has 0 bridgehead atoms. The van der Waals surface area contributed by atoms with E-state index in [2.05, 4.69) is 9.97 Å². The number of rotatable bonds is 3. The number of aliphatic carboxylic acids is 1. The molecule has 18 heavy (non-hydrogen) atoms. The fourth-order valence-corrected chi connectivity index (χ4v) is 1.80. The van der Waals surface area contributed by atoms with Crippen molar-refractivity contribution in [3.8, 4) is 11.3 Å². The second kappa shape index (κ2) is 4.96. The summed E-state index contributed by atoms with van der Waals surface area (Å²) in [5.74, 6) is -0.880. The van der Waals surface area contributed by atoms with Gasteiger partial charge < -0.3 is 5.11 Å². The van der Waals surface area contributed by atoms with Gasteiger partial charge in [-0.3, -0.25) is 4.79 Å². The summed E-state index contributed by atoms with van der Waals surface area (Å²) >= 11 is 0. The van der Waals surface area contributed by atoms with Gasteiger partial charge in [0, 0.05) is 17.3 Å². The predicted octanol–water partition coefficient (Wildman–Crippen LogP) is 2.39. The Morgan fingerprint density at radius 1 is 1.28 bits per heavy atom. The first kappa shape index (κ1) is 12.2. The summed E-state index contributed by atoms with van der Waals surface area (Å²) in [6.07, 6.45) is 2.94. The Labute approximate surface area is 105 Å². The lowest BCUT2D eigenvalue weighted by molar-refractivity contribution is -0.136. The third-order valence-electron chi connectivity index (χ3n) is 2.91. The number of carboxylic acid groups (broad SMARTS) is 1. The van der Waals surface area contributed by atoms with Crippen molar-refractivity contribution in [2.24, 2.45) is 0 Å². The van der Waals surface area contributed by atoms with E-state index >= 15 is 0 Å². The second-order valence-electron chi connectivity index (χ2n) is 4.27. The molecule has 0 aliphatic heterocycles. The maximum Gasteiger partial charge on any atom is 0.307 e. The fraction of sp³-hybridized carbons (Fsp3) is 0.214. The maximum atomic E-state index is 10.8. The minimum Gasteiger partial charge on any atom is -0.481 e. The number of benzene rings is 1. The molecule has 92 valence electrons. The topological polar surface area (TPSA) is 63.1 Å². The summed E-state index contributed by atoms with van der Waals surface area (Å²) in [5, 5.41) is 8.88. The van der Waals surface area contributed by atoms with Crippen LogP contribution in [0.3, 0.4) is 0 Å². The van der Waals surface area contributed by atoms with Crippen molar-refractivity contribution < 1.29 is 9.90 Å². The third-order valence-corrected chi connectivity index (χ3v) is 2.91. The molecule has 4 nitrogen and oxygen atoms in total. The van der Waals surface area contributed by atoms with Gasteiger partial charge in [0.2, 0.25) is 0 Å². The molecule has 4 heteroatoms. The highest BCUT2D eigenvalue weighted by Gasteiger charge is 2.10. The summed E-state index contributed by atoms with van der Waals surface area (Å²) in [4.78, 5) is 18.9. The molecule has 1 aromatic heterocycles. The van der Waals surface area contributed by atoms with Gasteiger partial charge in [0.05, 0.1) is 12.1 Å². The van der Waals surface area contributed by atoms with E-state index in [1.165, 1.54) is 11.9 Å². The quantitative estimate of drug-likeness (QED) is 0.897. The minimum atomic E-state index is -0.880. The van der Waals surface area contributed by atoms with Crippen LogP contribution in [0.1, 0.15) is 16.7 Å². The average molecular weight is 242 g/mol. The van der Waals surface area contributed by atoms with E-state index in [4.69, 9.17) is 5.11 Å². The second-order valence-corrected chi connectivity index (χ2v) is 4.27. The fourth-order valence-electron chi connectivity index (χ4n) is 1.80. The highest BCUT2D eigenvalue weighted by molar-refractivity contribution is 5.74. The van der Waals surface area contributed by atoms with E-state index in [-0.39, 0.29) is 6.42 Å². The van der Waals surface area contributed by atoms with Crippen LogP contribution in [0, 0.1) is 13.8 Å². The Kier molecular flexibility index (Phi) is 3.37. The lowest BCUT2D eigenvalue weighted by Gasteiger charge is -2.08. The van der Waals surface area contributed by atoms with E-state index in [0.29, 0.717) is 11.3 Å². The molecule has 0 amide bonds. The van der Waals surface area contributed by atoms with Crippen molar-refractivity contribution in [3.63, 3.8) is 0 Å². The predicted molar refractivity (Wildman–Crippen MR) is 68.3 cm³/mol. The highest BCUT2D eigenvalue weighted by atomic mass is 16.4. The van der Waals surface area contributed by atoms with Crippen LogP contribution in [-0.4, -0.2) is 21.0 Å². The van der Waals surface area contributed by atoms with Gasteiger partial charge >= 0.3 is 5.97 Å². The zero-order valence-corrected chi connectivity index (χ0v) is 10.3. The van der Waals surface area contributed by atoms with Crippen LogP contribution in [0.25, 0.3) is 11.3 Å². The molecule has 2 aromatic rings. The maximum absolute atomic E-state index is 10.8. The van der Waals surface area contributed by atoms with Gasteiger partial charge in [-0.1, -0.05) is 12.1 Å². The SMILES string of the molecule is Cc1ccc(-c2ncncc2CC(=O)O)cc1C. The molecule has 1 N–H and O–H groups in total. The zero-order chi connectivity index (χ0) is 13.1. The summed E-state index contributed by atoms with van der Waals surface area (Å²) in [6, 6.07) is 5.98. The Balaban J connectivity index is 2.49. The van der Waals surface area contributed by atoms with Gasteiger partial charge in [0.1, 0.15) is 6.33 Å². The number of aryl methyl sites for hydroxylation is 2. The normalized spacial score (nSPS) is 10.3. The molecular formula is C14H14N2O2. The molecule has 2 rings (SSSR count). The number of hydrogen-bond acceptors (Lipinski definition) is 3. The Bertz CT molecular complexity index is 594. The van der Waals surface area contributed by atoms with Crippen LogP contribution in [0.5, 0.6) is 0 Å². The number of carboxylic acids is 1. The van der Waals surface area contributed by atoms with Gasteiger partial charge in [-0.2, -0.15) is 0 Å². The molecule has 0 radical (unpaired) electrons. The van der Waals surface area contributed by atoms with Crippen LogP contribution < -0.4 is 0 Å². The molecule has 1 aromatic carbocycles. The Morgan fingerprint density at radius 2 is 2.06 bits per heavy atom. The molecular weight excluding hydrogens is 228 g/mol. The van der Waals surface area contributed by atoms with Crippen LogP contribution in [0.2, 0.25) is 0 Å². The number of hydrogen-bond donors (Lipinski definition) is 1. The number of carbonyl (C=O) groups is 1. The Hall–Kier alpha value is -2.23. The van der Waals surface area contributed by atoms with E-state index in [9.17, 15) is 4.79 Å². The number of nitrogens with zero attached hydrogens (tertiary/aromatic N) is 2. The monoisotopic (exact) mass is 242 g/mol. The summed E-state index contributed by atoms with van der Waals surface area (Å²) in [7, 11) is 0. The van der Waals surface area contributed by atoms with Crippen LogP contribution in [-0.2, 0) is 11.2 Å². The van der Waals surface area contributed by atoms with Gasteiger partial charge in [-0.15, -0.1) is 0 Å². The Morgan fingerprint density at radius 3 is 2.72 bits per heavy atom. The van der Waals surface area contributed by atoms with Crippen molar-refractivity contribution in [2.45, 2.75) is 20.3 Å². The molecule has 0 spiro atoms. The van der Waals surface area contributed by atoms with E-state index in [1.54, 1.807) is 6.20 Å². The standard InChI is InChI=1S/C14H14N2O2/c1-9-3-4-11(5-10(9)2)14-12(6-13(17)18)7-15-8-16-14/h3-5,7-8H,6H2,1-2H3,(H,17,18). The largest absolute Gasteiger partial charge is 0.481 e. The smallest absolute Gasteiger partial charge is 0.307 e. The molecule has 0 aliphatic rings. The van der Waals surface area contributed by atoms with Crippen molar-refractivity contribution in [1.29, 1.82) is 0 Å². The average Bonchev–Trinajstić information content (AvgIpc) is 2.33. The lowest BCUT2D eigenvalue weighted by atomic mass is 10.0.